The number of nitrogens with zero attached hydrogens (tertiary/aromatic N) is 4. The molecule has 0 fully saturated rings. The van der Waals surface area contributed by atoms with Crippen molar-refractivity contribution in [3.05, 3.63) is 95.8 Å². The van der Waals surface area contributed by atoms with Crippen LogP contribution in [0.3, 0.4) is 0 Å². The number of nitriles is 1. The van der Waals surface area contributed by atoms with E-state index in [-0.39, 0.29) is 0 Å². The van der Waals surface area contributed by atoms with Gasteiger partial charge in [0.2, 0.25) is 0 Å². The van der Waals surface area contributed by atoms with Gasteiger partial charge in [0.25, 0.3) is 0 Å². The van der Waals surface area contributed by atoms with Crippen LogP contribution >= 0.6 is 11.8 Å². The Bertz CT molecular complexity index is 1290. The zero-order valence-corrected chi connectivity index (χ0v) is 18.0. The molecule has 1 atom stereocenters. The number of hydrogen-bond acceptors (Lipinski definition) is 6. The lowest BCUT2D eigenvalue weighted by atomic mass is 10.00. The standard InChI is InChI=1S/C25H18N4O2S/c1-16-8-10-17(11-9-16)19-14-21(23-27-12-5-13-28-23)29-24(20(19)15-26)32-22(25(30)31)18-6-3-2-4-7-18/h2-14,22H,1H3,(H,30,31). The molecule has 2 heterocycles. The summed E-state index contributed by atoms with van der Waals surface area (Å²) in [6.07, 6.45) is 3.23. The molecule has 0 aliphatic heterocycles. The van der Waals surface area contributed by atoms with Gasteiger partial charge in [-0.15, -0.1) is 0 Å². The van der Waals surface area contributed by atoms with Crippen LogP contribution < -0.4 is 0 Å². The minimum atomic E-state index is -1.01. The van der Waals surface area contributed by atoms with E-state index < -0.39 is 11.2 Å². The molecule has 2 aromatic carbocycles. The predicted molar refractivity (Wildman–Crippen MR) is 123 cm³/mol. The molecule has 0 aliphatic rings. The van der Waals surface area contributed by atoms with Crippen LogP contribution in [-0.4, -0.2) is 26.0 Å². The molecule has 156 valence electrons. The zero-order valence-electron chi connectivity index (χ0n) is 17.1. The predicted octanol–water partition coefficient (Wildman–Crippen LogP) is 5.30. The summed E-state index contributed by atoms with van der Waals surface area (Å²) < 4.78 is 0. The first kappa shape index (κ1) is 21.2. The number of pyridine rings is 1. The van der Waals surface area contributed by atoms with E-state index in [1.165, 1.54) is 0 Å². The van der Waals surface area contributed by atoms with E-state index in [4.69, 9.17) is 0 Å². The van der Waals surface area contributed by atoms with E-state index in [0.717, 1.165) is 22.9 Å². The van der Waals surface area contributed by atoms with Gasteiger partial charge < -0.3 is 5.11 Å². The molecule has 1 N–H and O–H groups in total. The molecular weight excluding hydrogens is 420 g/mol. The van der Waals surface area contributed by atoms with Gasteiger partial charge in [-0.1, -0.05) is 71.9 Å². The number of rotatable bonds is 6. The van der Waals surface area contributed by atoms with E-state index in [1.54, 1.807) is 48.8 Å². The Labute approximate surface area is 189 Å². The van der Waals surface area contributed by atoms with E-state index in [1.807, 2.05) is 37.3 Å². The van der Waals surface area contributed by atoms with Crippen molar-refractivity contribution >= 4 is 17.7 Å². The van der Waals surface area contributed by atoms with E-state index in [9.17, 15) is 15.2 Å². The van der Waals surface area contributed by atoms with Gasteiger partial charge in [-0.2, -0.15) is 5.26 Å². The van der Waals surface area contributed by atoms with Crippen LogP contribution in [0, 0.1) is 18.3 Å². The molecule has 4 rings (SSSR count). The number of hydrogen-bond donors (Lipinski definition) is 1. The summed E-state index contributed by atoms with van der Waals surface area (Å²) in [6.45, 7) is 1.99. The van der Waals surface area contributed by atoms with Gasteiger partial charge in [0, 0.05) is 18.0 Å². The fraction of sp³-hybridized carbons (Fsp3) is 0.0800. The fourth-order valence-corrected chi connectivity index (χ4v) is 4.26. The van der Waals surface area contributed by atoms with Crippen molar-refractivity contribution in [2.45, 2.75) is 17.2 Å². The van der Waals surface area contributed by atoms with Crippen LogP contribution in [0.2, 0.25) is 0 Å². The number of aromatic nitrogens is 3. The first-order chi connectivity index (χ1) is 15.6. The molecule has 0 amide bonds. The van der Waals surface area contributed by atoms with E-state index in [0.29, 0.717) is 33.2 Å². The molecule has 0 spiro atoms. The second-order valence-corrected chi connectivity index (χ2v) is 8.13. The normalized spacial score (nSPS) is 11.5. The van der Waals surface area contributed by atoms with Crippen LogP contribution in [0.25, 0.3) is 22.6 Å². The van der Waals surface area contributed by atoms with E-state index in [2.05, 4.69) is 21.0 Å². The molecule has 32 heavy (non-hydrogen) atoms. The molecule has 0 bridgehead atoms. The first-order valence-electron chi connectivity index (χ1n) is 9.81. The number of aryl methyl sites for hydroxylation is 1. The van der Waals surface area contributed by atoms with Gasteiger partial charge in [-0.3, -0.25) is 4.79 Å². The van der Waals surface area contributed by atoms with Gasteiger partial charge in [-0.25, -0.2) is 15.0 Å². The Kier molecular flexibility index (Phi) is 6.24. The minimum Gasteiger partial charge on any atom is -0.480 e. The van der Waals surface area contributed by atoms with Crippen LogP contribution in [0.5, 0.6) is 0 Å². The van der Waals surface area contributed by atoms with Crippen molar-refractivity contribution in [2.24, 2.45) is 0 Å². The third-order valence-corrected chi connectivity index (χ3v) is 6.04. The second-order valence-electron chi connectivity index (χ2n) is 7.03. The smallest absolute Gasteiger partial charge is 0.321 e. The summed E-state index contributed by atoms with van der Waals surface area (Å²) in [5, 5.41) is 19.3. The molecule has 2 aromatic heterocycles. The molecule has 0 radical (unpaired) electrons. The molecule has 0 saturated carbocycles. The lowest BCUT2D eigenvalue weighted by Crippen LogP contribution is -2.09. The molecular formula is C25H18N4O2S. The number of carbonyl (C=O) groups is 1. The summed E-state index contributed by atoms with van der Waals surface area (Å²) in [5.74, 6) is -0.607. The van der Waals surface area contributed by atoms with Crippen molar-refractivity contribution < 1.29 is 9.90 Å². The monoisotopic (exact) mass is 438 g/mol. The maximum Gasteiger partial charge on any atom is 0.321 e. The molecule has 7 heteroatoms. The van der Waals surface area contributed by atoms with Crippen molar-refractivity contribution in [2.75, 3.05) is 0 Å². The maximum absolute atomic E-state index is 12.1. The van der Waals surface area contributed by atoms with Crippen LogP contribution in [0.4, 0.5) is 0 Å². The lowest BCUT2D eigenvalue weighted by Gasteiger charge is -2.16. The third kappa shape index (κ3) is 4.51. The van der Waals surface area contributed by atoms with Crippen LogP contribution in [-0.2, 0) is 4.79 Å². The Hall–Kier alpha value is -4.02. The lowest BCUT2D eigenvalue weighted by molar-refractivity contribution is -0.136. The number of benzene rings is 2. The highest BCUT2D eigenvalue weighted by Gasteiger charge is 2.25. The number of carboxylic acid groups (broad SMARTS) is 1. The Balaban J connectivity index is 1.90. The third-order valence-electron chi connectivity index (χ3n) is 4.81. The van der Waals surface area contributed by atoms with Gasteiger partial charge in [0.05, 0.1) is 5.56 Å². The minimum absolute atomic E-state index is 0.320. The highest BCUT2D eigenvalue weighted by Crippen LogP contribution is 2.40. The number of thioether (sulfide) groups is 1. The maximum atomic E-state index is 12.1. The summed E-state index contributed by atoms with van der Waals surface area (Å²) in [6, 6.07) is 22.4. The van der Waals surface area contributed by atoms with Crippen molar-refractivity contribution in [3.8, 4) is 28.7 Å². The van der Waals surface area contributed by atoms with Crippen molar-refractivity contribution in [3.63, 3.8) is 0 Å². The summed E-state index contributed by atoms with van der Waals surface area (Å²) in [5.41, 5.74) is 4.00. The summed E-state index contributed by atoms with van der Waals surface area (Å²) in [4.78, 5) is 25.3. The number of carboxylic acids is 1. The van der Waals surface area contributed by atoms with Crippen LogP contribution in [0.15, 0.2) is 84.1 Å². The van der Waals surface area contributed by atoms with Gasteiger partial charge in [-0.05, 0) is 30.2 Å². The Morgan fingerprint density at radius 3 is 2.34 bits per heavy atom. The van der Waals surface area contributed by atoms with Gasteiger partial charge in [0.1, 0.15) is 22.0 Å². The molecule has 0 aliphatic carbocycles. The van der Waals surface area contributed by atoms with Gasteiger partial charge >= 0.3 is 5.97 Å². The number of aliphatic carboxylic acids is 1. The highest BCUT2D eigenvalue weighted by molar-refractivity contribution is 8.00. The fourth-order valence-electron chi connectivity index (χ4n) is 3.22. The molecule has 4 aromatic rings. The first-order valence-corrected chi connectivity index (χ1v) is 10.7. The Morgan fingerprint density at radius 1 is 1.03 bits per heavy atom. The summed E-state index contributed by atoms with van der Waals surface area (Å²) in [7, 11) is 0. The zero-order chi connectivity index (χ0) is 22.5. The van der Waals surface area contributed by atoms with Gasteiger partial charge in [0.15, 0.2) is 5.82 Å². The van der Waals surface area contributed by atoms with E-state index >= 15 is 0 Å². The molecule has 1 unspecified atom stereocenters. The largest absolute Gasteiger partial charge is 0.480 e. The molecule has 6 nitrogen and oxygen atoms in total. The Morgan fingerprint density at radius 2 is 1.72 bits per heavy atom. The average molecular weight is 439 g/mol. The highest BCUT2D eigenvalue weighted by atomic mass is 32.2. The quantitative estimate of drug-likeness (QED) is 0.408. The topological polar surface area (TPSA) is 99.8 Å². The van der Waals surface area contributed by atoms with Crippen LogP contribution in [0.1, 0.15) is 21.9 Å². The van der Waals surface area contributed by atoms with Crippen molar-refractivity contribution in [1.29, 1.82) is 5.26 Å². The average Bonchev–Trinajstić information content (AvgIpc) is 2.83. The van der Waals surface area contributed by atoms with Crippen molar-refractivity contribution in [1.82, 2.24) is 15.0 Å². The molecule has 0 saturated heterocycles. The SMILES string of the molecule is Cc1ccc(-c2cc(-c3ncccn3)nc(SC(C(=O)O)c3ccccc3)c2C#N)cc1. The second kappa shape index (κ2) is 9.41. The summed E-state index contributed by atoms with van der Waals surface area (Å²) >= 11 is 1.03.